The fourth-order valence-electron chi connectivity index (χ4n) is 3.99. The molecule has 0 amide bonds. The quantitative estimate of drug-likeness (QED) is 0.259. The Morgan fingerprint density at radius 2 is 2.17 bits per heavy atom. The number of aromatic nitrogens is 2. The van der Waals surface area contributed by atoms with Crippen molar-refractivity contribution < 1.29 is 27.1 Å². The zero-order chi connectivity index (χ0) is 26.0. The van der Waals surface area contributed by atoms with Gasteiger partial charge in [-0.15, -0.1) is 11.3 Å². The third-order valence-corrected chi connectivity index (χ3v) is 9.09. The normalized spacial score (nSPS) is 20.9. The summed E-state index contributed by atoms with van der Waals surface area (Å²) in [7, 11) is -4.11. The van der Waals surface area contributed by atoms with Crippen molar-refractivity contribution in [3.8, 4) is 0 Å². The SMILES string of the molecule is Cc1sc(C(=O)c2cncnc2N[C@@H]2C[C@H](COS(N)(=O)=O)[C@@H](O)C2)cc1[S@+]([O-])c1cccc(Cl)c1. The molecular formula is C22H23ClN4O6S3. The average molecular weight is 571 g/mol. The van der Waals surface area contributed by atoms with Gasteiger partial charge in [-0.05, 0) is 31.9 Å². The van der Waals surface area contributed by atoms with Gasteiger partial charge in [-0.3, -0.25) is 8.98 Å². The van der Waals surface area contributed by atoms with Crippen molar-refractivity contribution in [3.63, 3.8) is 0 Å². The summed E-state index contributed by atoms with van der Waals surface area (Å²) in [6.45, 7) is 1.55. The molecule has 1 fully saturated rings. The van der Waals surface area contributed by atoms with Crippen molar-refractivity contribution in [1.29, 1.82) is 0 Å². The molecule has 36 heavy (non-hydrogen) atoms. The van der Waals surface area contributed by atoms with Crippen molar-refractivity contribution in [1.82, 2.24) is 9.97 Å². The maximum absolute atomic E-state index is 13.4. The average Bonchev–Trinajstić information content (AvgIpc) is 3.38. The van der Waals surface area contributed by atoms with Crippen molar-refractivity contribution >= 4 is 56.0 Å². The standard InChI is InChI=1S/C22H23ClN4O6S3/c1-12-20(35(30)16-4-2-3-14(23)6-16)8-19(34-12)21(29)17-9-25-11-26-22(17)27-15-5-13(18(28)7-15)10-33-36(24,31)32/h2-4,6,8-9,11,13,15,18,28H,5,7,10H2,1H3,(H2,24,31,32)(H,25,26,27)/t13-,15-,18+,35-/m1/s1. The number of carbonyl (C=O) groups is 1. The van der Waals surface area contributed by atoms with Crippen LogP contribution in [0.25, 0.3) is 0 Å². The molecule has 1 aliphatic rings. The number of aliphatic hydroxyl groups is 1. The topological polar surface area (TPSA) is 168 Å². The lowest BCUT2D eigenvalue weighted by Crippen LogP contribution is -2.24. The molecule has 4 N–H and O–H groups in total. The van der Waals surface area contributed by atoms with Crippen LogP contribution in [0.4, 0.5) is 5.82 Å². The van der Waals surface area contributed by atoms with Gasteiger partial charge < -0.3 is 15.0 Å². The fraction of sp³-hybridized carbons (Fsp3) is 0.318. The van der Waals surface area contributed by atoms with Gasteiger partial charge in [-0.1, -0.05) is 17.7 Å². The summed E-state index contributed by atoms with van der Waals surface area (Å²) in [5.41, 5.74) is 0.220. The Balaban J connectivity index is 1.51. The van der Waals surface area contributed by atoms with Crippen LogP contribution in [0.3, 0.4) is 0 Å². The van der Waals surface area contributed by atoms with E-state index in [2.05, 4.69) is 19.5 Å². The van der Waals surface area contributed by atoms with E-state index in [1.54, 1.807) is 37.3 Å². The van der Waals surface area contributed by atoms with Crippen LogP contribution in [0, 0.1) is 12.8 Å². The van der Waals surface area contributed by atoms with E-state index in [4.69, 9.17) is 16.7 Å². The Kier molecular flexibility index (Phi) is 8.32. The highest BCUT2D eigenvalue weighted by Crippen LogP contribution is 2.34. The minimum atomic E-state index is -4.11. The van der Waals surface area contributed by atoms with E-state index in [9.17, 15) is 22.9 Å². The van der Waals surface area contributed by atoms with E-state index in [0.717, 1.165) is 4.88 Å². The molecular weight excluding hydrogens is 548 g/mol. The second kappa shape index (κ2) is 11.1. The van der Waals surface area contributed by atoms with Crippen molar-refractivity contribution in [2.45, 2.75) is 41.7 Å². The van der Waals surface area contributed by atoms with Crippen LogP contribution in [0.15, 0.2) is 52.6 Å². The Morgan fingerprint density at radius 3 is 2.89 bits per heavy atom. The number of benzene rings is 1. The third kappa shape index (κ3) is 6.42. The molecule has 0 bridgehead atoms. The first-order valence-electron chi connectivity index (χ1n) is 10.8. The second-order valence-corrected chi connectivity index (χ2v) is 12.7. The molecule has 0 radical (unpaired) electrons. The minimum absolute atomic E-state index is 0.220. The van der Waals surface area contributed by atoms with Crippen molar-refractivity contribution in [2.24, 2.45) is 11.1 Å². The molecule has 1 aromatic carbocycles. The lowest BCUT2D eigenvalue weighted by atomic mass is 10.1. The maximum Gasteiger partial charge on any atom is 0.333 e. The van der Waals surface area contributed by atoms with Crippen LogP contribution in [0.2, 0.25) is 5.02 Å². The third-order valence-electron chi connectivity index (χ3n) is 5.71. The highest BCUT2D eigenvalue weighted by atomic mass is 35.5. The number of aryl methyl sites for hydroxylation is 1. The number of aliphatic hydroxyl groups excluding tert-OH is 1. The van der Waals surface area contributed by atoms with Gasteiger partial charge in [0, 0.05) is 46.5 Å². The predicted octanol–water partition coefficient (Wildman–Crippen LogP) is 2.67. The maximum atomic E-state index is 13.4. The van der Waals surface area contributed by atoms with Crippen LogP contribution in [0.1, 0.15) is 33.0 Å². The highest BCUT2D eigenvalue weighted by molar-refractivity contribution is 7.91. The lowest BCUT2D eigenvalue weighted by molar-refractivity contribution is 0.101. The van der Waals surface area contributed by atoms with Crippen LogP contribution >= 0.6 is 22.9 Å². The molecule has 1 saturated carbocycles. The predicted molar refractivity (Wildman–Crippen MR) is 136 cm³/mol. The van der Waals surface area contributed by atoms with Crippen LogP contribution in [-0.4, -0.2) is 52.6 Å². The molecule has 2 heterocycles. The molecule has 3 aromatic rings. The minimum Gasteiger partial charge on any atom is -0.606 e. The fourth-order valence-corrected chi connectivity index (χ4v) is 7.08. The number of nitrogens with two attached hydrogens (primary N) is 1. The van der Waals surface area contributed by atoms with E-state index in [-0.39, 0.29) is 29.8 Å². The van der Waals surface area contributed by atoms with E-state index in [1.807, 2.05) is 0 Å². The van der Waals surface area contributed by atoms with Gasteiger partial charge in [0.05, 0.1) is 28.0 Å². The summed E-state index contributed by atoms with van der Waals surface area (Å²) in [5, 5.41) is 18.8. The number of ketones is 1. The number of rotatable bonds is 9. The Bertz CT molecular complexity index is 1370. The van der Waals surface area contributed by atoms with Crippen LogP contribution in [-0.2, 0) is 25.7 Å². The molecule has 0 unspecified atom stereocenters. The van der Waals surface area contributed by atoms with Crippen molar-refractivity contribution in [3.05, 3.63) is 63.2 Å². The number of halogens is 1. The molecule has 0 spiro atoms. The Hall–Kier alpha value is -2.10. The van der Waals surface area contributed by atoms with Gasteiger partial charge in [0.15, 0.2) is 9.79 Å². The first kappa shape index (κ1) is 26.9. The largest absolute Gasteiger partial charge is 0.606 e. The van der Waals surface area contributed by atoms with Gasteiger partial charge in [0.1, 0.15) is 12.1 Å². The molecule has 14 heteroatoms. The Labute approximate surface area is 220 Å². The molecule has 2 aromatic heterocycles. The number of hydrogen-bond donors (Lipinski definition) is 3. The monoisotopic (exact) mass is 570 g/mol. The van der Waals surface area contributed by atoms with E-state index < -0.39 is 33.5 Å². The highest BCUT2D eigenvalue weighted by Gasteiger charge is 2.35. The first-order valence-corrected chi connectivity index (χ1v) is 14.6. The van der Waals surface area contributed by atoms with Gasteiger partial charge in [0.25, 0.3) is 0 Å². The second-order valence-electron chi connectivity index (χ2n) is 8.29. The molecule has 1 aliphatic carbocycles. The van der Waals surface area contributed by atoms with E-state index >= 15 is 0 Å². The van der Waals surface area contributed by atoms with Gasteiger partial charge in [-0.25, -0.2) is 15.1 Å². The zero-order valence-corrected chi connectivity index (χ0v) is 22.2. The number of nitrogens with zero attached hydrogens (tertiary/aromatic N) is 2. The van der Waals surface area contributed by atoms with Gasteiger partial charge in [0.2, 0.25) is 5.78 Å². The van der Waals surface area contributed by atoms with Gasteiger partial charge in [-0.2, -0.15) is 8.42 Å². The summed E-state index contributed by atoms with van der Waals surface area (Å²) < 4.78 is 39.9. The molecule has 0 aliphatic heterocycles. The molecule has 4 atom stereocenters. The summed E-state index contributed by atoms with van der Waals surface area (Å²) in [6.07, 6.45) is 2.57. The number of carbonyl (C=O) groups excluding carboxylic acids is 1. The smallest absolute Gasteiger partial charge is 0.333 e. The summed E-state index contributed by atoms with van der Waals surface area (Å²) in [6, 6.07) is 8.07. The van der Waals surface area contributed by atoms with E-state index in [0.29, 0.717) is 32.5 Å². The number of anilines is 1. The molecule has 10 nitrogen and oxygen atoms in total. The zero-order valence-electron chi connectivity index (χ0n) is 19.0. The van der Waals surface area contributed by atoms with Crippen LogP contribution in [0.5, 0.6) is 0 Å². The summed E-state index contributed by atoms with van der Waals surface area (Å²) in [5.74, 6) is -0.511. The molecule has 4 rings (SSSR count). The summed E-state index contributed by atoms with van der Waals surface area (Å²) >= 11 is 5.74. The Morgan fingerprint density at radius 1 is 1.39 bits per heavy atom. The lowest BCUT2D eigenvalue weighted by Gasteiger charge is -2.15. The first-order chi connectivity index (χ1) is 17.0. The van der Waals surface area contributed by atoms with Crippen LogP contribution < -0.4 is 10.5 Å². The number of nitrogens with one attached hydrogen (secondary N) is 1. The number of hydrogen-bond acceptors (Lipinski definition) is 10. The summed E-state index contributed by atoms with van der Waals surface area (Å²) in [4.78, 5) is 23.7. The molecule has 192 valence electrons. The number of thiophene rings is 1. The van der Waals surface area contributed by atoms with Crippen molar-refractivity contribution in [2.75, 3.05) is 11.9 Å². The molecule has 0 saturated heterocycles. The van der Waals surface area contributed by atoms with E-state index in [1.165, 1.54) is 23.9 Å². The van der Waals surface area contributed by atoms with Gasteiger partial charge >= 0.3 is 10.3 Å².